The summed E-state index contributed by atoms with van der Waals surface area (Å²) in [5.41, 5.74) is 1.64. The van der Waals surface area contributed by atoms with E-state index in [1.54, 1.807) is 17.0 Å². The first-order valence-corrected chi connectivity index (χ1v) is 7.35. The fraction of sp³-hybridized carbons (Fsp3) is 0.438. The third-order valence-corrected chi connectivity index (χ3v) is 4.83. The molecule has 0 spiro atoms. The van der Waals surface area contributed by atoms with E-state index in [1.165, 1.54) is 6.07 Å². The van der Waals surface area contributed by atoms with Gasteiger partial charge < -0.3 is 9.88 Å². The van der Waals surface area contributed by atoms with E-state index in [2.05, 4.69) is 4.98 Å². The highest BCUT2D eigenvalue weighted by molar-refractivity contribution is 5.87. The summed E-state index contributed by atoms with van der Waals surface area (Å²) in [5, 5.41) is 0.338. The van der Waals surface area contributed by atoms with E-state index < -0.39 is 18.0 Å². The number of nitrogens with one attached hydrogen (secondary N) is 1. The zero-order chi connectivity index (χ0) is 14.7. The summed E-state index contributed by atoms with van der Waals surface area (Å²) in [6.45, 7) is 1.88. The van der Waals surface area contributed by atoms with Crippen molar-refractivity contribution in [1.82, 2.24) is 9.88 Å². The van der Waals surface area contributed by atoms with Crippen molar-refractivity contribution < 1.29 is 13.6 Å². The lowest BCUT2D eigenvalue weighted by Gasteiger charge is -2.45. The van der Waals surface area contributed by atoms with Crippen molar-refractivity contribution in [3.63, 3.8) is 0 Å². The quantitative estimate of drug-likeness (QED) is 0.787. The average Bonchev–Trinajstić information content (AvgIpc) is 2.86. The first kappa shape index (κ1) is 12.8. The summed E-state index contributed by atoms with van der Waals surface area (Å²) >= 11 is 0. The van der Waals surface area contributed by atoms with Crippen LogP contribution in [0.5, 0.6) is 0 Å². The highest BCUT2D eigenvalue weighted by Gasteiger charge is 2.45. The maximum atomic E-state index is 15.0. The van der Waals surface area contributed by atoms with Crippen molar-refractivity contribution in [3.8, 4) is 0 Å². The van der Waals surface area contributed by atoms with Crippen LogP contribution in [0.4, 0.5) is 8.78 Å². The van der Waals surface area contributed by atoms with E-state index >= 15 is 4.39 Å². The Morgan fingerprint density at radius 2 is 2.19 bits per heavy atom. The molecule has 1 aromatic heterocycles. The molecule has 1 saturated heterocycles. The van der Waals surface area contributed by atoms with Crippen molar-refractivity contribution in [2.75, 3.05) is 0 Å². The maximum absolute atomic E-state index is 15.0. The van der Waals surface area contributed by atoms with Crippen LogP contribution in [-0.4, -0.2) is 21.8 Å². The van der Waals surface area contributed by atoms with Gasteiger partial charge in [0.15, 0.2) is 0 Å². The standard InChI is InChI=1S/C16H16F2N2O/c1-8-16-14(13-9(17)4-2-5-10(13)19-16)15(18)11-6-3-7-12(21)20(8)11/h2,4-5,8,11,15,19H,3,6-7H2,1H3. The van der Waals surface area contributed by atoms with E-state index in [0.717, 1.165) is 0 Å². The van der Waals surface area contributed by atoms with Crippen LogP contribution in [0.25, 0.3) is 10.9 Å². The van der Waals surface area contributed by atoms with Gasteiger partial charge in [0.1, 0.15) is 12.0 Å². The van der Waals surface area contributed by atoms with Gasteiger partial charge in [0.05, 0.1) is 12.1 Å². The Hall–Kier alpha value is -1.91. The summed E-state index contributed by atoms with van der Waals surface area (Å²) in [4.78, 5) is 16.9. The average molecular weight is 290 g/mol. The van der Waals surface area contributed by atoms with Crippen LogP contribution in [0.1, 0.15) is 49.7 Å². The van der Waals surface area contributed by atoms with Gasteiger partial charge >= 0.3 is 0 Å². The molecule has 1 aromatic carbocycles. The number of aromatic nitrogens is 1. The molecule has 1 fully saturated rings. The van der Waals surface area contributed by atoms with Crippen molar-refractivity contribution in [1.29, 1.82) is 0 Å². The number of alkyl halides is 1. The number of carbonyl (C=O) groups is 1. The number of aromatic amines is 1. The molecule has 0 bridgehead atoms. The monoisotopic (exact) mass is 290 g/mol. The molecule has 4 rings (SSSR count). The van der Waals surface area contributed by atoms with Gasteiger partial charge in [-0.2, -0.15) is 0 Å². The summed E-state index contributed by atoms with van der Waals surface area (Å²) in [7, 11) is 0. The summed E-state index contributed by atoms with van der Waals surface area (Å²) in [5.74, 6) is -0.415. The lowest BCUT2D eigenvalue weighted by molar-refractivity contribution is -0.143. The molecule has 3 nitrogen and oxygen atoms in total. The lowest BCUT2D eigenvalue weighted by Crippen LogP contribution is -2.50. The molecule has 2 aliphatic rings. The van der Waals surface area contributed by atoms with E-state index in [4.69, 9.17) is 0 Å². The number of benzene rings is 1. The van der Waals surface area contributed by atoms with Crippen molar-refractivity contribution >= 4 is 16.8 Å². The minimum absolute atomic E-state index is 0.00817. The Labute approximate surface area is 120 Å². The molecule has 2 aliphatic heterocycles. The van der Waals surface area contributed by atoms with Crippen LogP contribution in [0.15, 0.2) is 18.2 Å². The maximum Gasteiger partial charge on any atom is 0.223 e. The largest absolute Gasteiger partial charge is 0.356 e. The van der Waals surface area contributed by atoms with Crippen LogP contribution in [0.3, 0.4) is 0 Å². The number of hydrogen-bond acceptors (Lipinski definition) is 1. The summed E-state index contributed by atoms with van der Waals surface area (Å²) in [6, 6.07) is 4.00. The number of carbonyl (C=O) groups excluding carboxylic acids is 1. The Bertz CT molecular complexity index is 739. The highest BCUT2D eigenvalue weighted by Crippen LogP contribution is 2.47. The topological polar surface area (TPSA) is 36.1 Å². The van der Waals surface area contributed by atoms with Crippen LogP contribution >= 0.6 is 0 Å². The molecule has 0 aliphatic carbocycles. The van der Waals surface area contributed by atoms with Crippen LogP contribution in [0, 0.1) is 5.82 Å². The zero-order valence-electron chi connectivity index (χ0n) is 11.7. The Kier molecular flexibility index (Phi) is 2.62. The molecular weight excluding hydrogens is 274 g/mol. The van der Waals surface area contributed by atoms with E-state index in [9.17, 15) is 9.18 Å². The molecule has 3 heterocycles. The normalized spacial score (nSPS) is 28.6. The molecular formula is C16H16F2N2O. The third kappa shape index (κ3) is 1.60. The number of nitrogens with zero attached hydrogens (tertiary/aromatic N) is 1. The van der Waals surface area contributed by atoms with Crippen molar-refractivity contribution in [2.45, 2.75) is 44.4 Å². The van der Waals surface area contributed by atoms with Crippen LogP contribution in [-0.2, 0) is 4.79 Å². The Balaban J connectivity index is 1.98. The highest BCUT2D eigenvalue weighted by atomic mass is 19.1. The van der Waals surface area contributed by atoms with Crippen molar-refractivity contribution in [3.05, 3.63) is 35.3 Å². The van der Waals surface area contributed by atoms with Gasteiger partial charge in [-0.3, -0.25) is 4.79 Å². The van der Waals surface area contributed by atoms with Gasteiger partial charge in [0, 0.05) is 28.6 Å². The zero-order valence-corrected chi connectivity index (χ0v) is 11.7. The molecule has 3 atom stereocenters. The number of piperidine rings is 1. The molecule has 1 amide bonds. The van der Waals surface area contributed by atoms with Crippen LogP contribution < -0.4 is 0 Å². The second kappa shape index (κ2) is 4.29. The smallest absolute Gasteiger partial charge is 0.223 e. The number of halogens is 2. The minimum Gasteiger partial charge on any atom is -0.356 e. The number of amides is 1. The SMILES string of the molecule is CC1c2[nH]c3cccc(F)c3c2C(F)C2CCCC(=O)N12. The van der Waals surface area contributed by atoms with E-state index in [0.29, 0.717) is 41.4 Å². The van der Waals surface area contributed by atoms with E-state index in [1.807, 2.05) is 6.92 Å². The van der Waals surface area contributed by atoms with Gasteiger partial charge in [-0.15, -0.1) is 0 Å². The molecule has 2 aromatic rings. The van der Waals surface area contributed by atoms with Crippen LogP contribution in [0.2, 0.25) is 0 Å². The molecule has 3 unspecified atom stereocenters. The van der Waals surface area contributed by atoms with E-state index in [-0.39, 0.29) is 11.9 Å². The molecule has 1 N–H and O–H groups in total. The van der Waals surface area contributed by atoms with Gasteiger partial charge in [-0.25, -0.2) is 8.78 Å². The molecule has 0 saturated carbocycles. The number of hydrogen-bond donors (Lipinski definition) is 1. The van der Waals surface area contributed by atoms with Gasteiger partial charge in [0.2, 0.25) is 5.91 Å². The molecule has 5 heteroatoms. The predicted octanol–water partition coefficient (Wildman–Crippen LogP) is 3.77. The molecule has 110 valence electrons. The van der Waals surface area contributed by atoms with Gasteiger partial charge in [-0.05, 0) is 31.9 Å². The molecule has 0 radical (unpaired) electrons. The number of H-pyrrole nitrogens is 1. The van der Waals surface area contributed by atoms with Gasteiger partial charge in [0.25, 0.3) is 0 Å². The lowest BCUT2D eigenvalue weighted by atomic mass is 9.85. The number of rotatable bonds is 0. The first-order valence-electron chi connectivity index (χ1n) is 7.35. The summed E-state index contributed by atoms with van der Waals surface area (Å²) < 4.78 is 29.2. The summed E-state index contributed by atoms with van der Waals surface area (Å²) in [6.07, 6.45) is 0.480. The number of fused-ring (bicyclic) bond motifs is 4. The van der Waals surface area contributed by atoms with Gasteiger partial charge in [-0.1, -0.05) is 6.07 Å². The third-order valence-electron chi connectivity index (χ3n) is 4.83. The second-order valence-corrected chi connectivity index (χ2v) is 5.95. The fourth-order valence-corrected chi connectivity index (χ4v) is 3.90. The molecule has 21 heavy (non-hydrogen) atoms. The first-order chi connectivity index (χ1) is 10.1. The minimum atomic E-state index is -1.33. The van der Waals surface area contributed by atoms with Crippen molar-refractivity contribution in [2.24, 2.45) is 0 Å². The Morgan fingerprint density at radius 1 is 1.38 bits per heavy atom. The second-order valence-electron chi connectivity index (χ2n) is 5.95. The predicted molar refractivity (Wildman–Crippen MR) is 75.0 cm³/mol. The fourth-order valence-electron chi connectivity index (χ4n) is 3.90. The Morgan fingerprint density at radius 3 is 3.00 bits per heavy atom.